The number of alkyl carbamates (subject to hydrolysis) is 1. The molecule has 0 saturated carbocycles. The maximum absolute atomic E-state index is 12.5. The van der Waals surface area contributed by atoms with E-state index in [0.29, 0.717) is 6.61 Å². The van der Waals surface area contributed by atoms with Gasteiger partial charge in [-0.25, -0.2) is 4.79 Å². The first-order valence-electron chi connectivity index (χ1n) is 11.1. The fourth-order valence-corrected chi connectivity index (χ4v) is 3.86. The lowest BCUT2D eigenvalue weighted by molar-refractivity contribution is -0.347. The molecule has 8 nitrogen and oxygen atoms in total. The molecule has 1 N–H and O–H groups in total. The SMILES string of the molecule is C=CCOC1OC2COC(c3ccccc3)OC2C(OCCCC)C1NC(=O)OCC(Cl)(Cl)Cl. The molecule has 2 aliphatic heterocycles. The molecule has 2 heterocycles. The molecule has 11 heteroatoms. The van der Waals surface area contributed by atoms with Crippen LogP contribution in [0.15, 0.2) is 43.0 Å². The first-order chi connectivity index (χ1) is 16.3. The molecule has 0 aliphatic carbocycles. The Morgan fingerprint density at radius 2 is 2.00 bits per heavy atom. The molecule has 1 aromatic rings. The molecule has 2 aliphatic rings. The number of nitrogens with one attached hydrogen (secondary N) is 1. The van der Waals surface area contributed by atoms with Gasteiger partial charge in [-0.1, -0.05) is 84.6 Å². The van der Waals surface area contributed by atoms with E-state index in [-0.39, 0.29) is 13.2 Å². The Labute approximate surface area is 214 Å². The maximum atomic E-state index is 12.5. The van der Waals surface area contributed by atoms with Crippen LogP contribution >= 0.6 is 34.8 Å². The number of unbranched alkanes of at least 4 members (excludes halogenated alkanes) is 1. The van der Waals surface area contributed by atoms with E-state index in [1.54, 1.807) is 6.08 Å². The number of benzene rings is 1. The molecule has 2 fully saturated rings. The van der Waals surface area contributed by atoms with E-state index < -0.39 is 53.4 Å². The largest absolute Gasteiger partial charge is 0.445 e. The molecule has 190 valence electrons. The standard InChI is InChI=1S/C23H30Cl3NO7/c1-3-5-12-29-19-17(27-22(28)32-14-23(24,25)26)21(30-11-4-2)33-16-13-31-20(34-18(16)19)15-9-7-6-8-10-15/h4,6-10,16-21H,2-3,5,11-14H2,1H3,(H,27,28). The smallest absolute Gasteiger partial charge is 0.407 e. The molecule has 1 amide bonds. The normalized spacial score (nSPS) is 29.2. The zero-order chi connectivity index (χ0) is 24.6. The van der Waals surface area contributed by atoms with Gasteiger partial charge in [0.2, 0.25) is 3.79 Å². The molecule has 0 bridgehead atoms. The number of amides is 1. The predicted octanol–water partition coefficient (Wildman–Crippen LogP) is 4.68. The third-order valence-electron chi connectivity index (χ3n) is 5.25. The number of fused-ring (bicyclic) bond motifs is 1. The highest BCUT2D eigenvalue weighted by Crippen LogP contribution is 2.36. The van der Waals surface area contributed by atoms with E-state index in [1.807, 2.05) is 30.3 Å². The number of carbonyl (C=O) groups is 1. The van der Waals surface area contributed by atoms with Crippen molar-refractivity contribution in [1.82, 2.24) is 5.32 Å². The van der Waals surface area contributed by atoms with Crippen LogP contribution in [0, 0.1) is 0 Å². The van der Waals surface area contributed by atoms with E-state index in [1.165, 1.54) is 0 Å². The Hall–Kier alpha value is -1.10. The van der Waals surface area contributed by atoms with Crippen LogP contribution in [0.4, 0.5) is 4.79 Å². The van der Waals surface area contributed by atoms with Crippen LogP contribution in [0.5, 0.6) is 0 Å². The summed E-state index contributed by atoms with van der Waals surface area (Å²) in [5, 5.41) is 2.75. The van der Waals surface area contributed by atoms with Gasteiger partial charge in [0.05, 0.1) is 13.2 Å². The quantitative estimate of drug-likeness (QED) is 0.263. The van der Waals surface area contributed by atoms with Gasteiger partial charge in [-0.15, -0.1) is 6.58 Å². The van der Waals surface area contributed by atoms with Crippen LogP contribution in [0.2, 0.25) is 0 Å². The summed E-state index contributed by atoms with van der Waals surface area (Å²) in [4.78, 5) is 12.5. The Balaban J connectivity index is 1.81. The molecule has 0 aromatic heterocycles. The van der Waals surface area contributed by atoms with Crippen LogP contribution in [-0.4, -0.2) is 67.0 Å². The van der Waals surface area contributed by atoms with Gasteiger partial charge in [0.1, 0.15) is 31.0 Å². The average Bonchev–Trinajstić information content (AvgIpc) is 2.82. The van der Waals surface area contributed by atoms with Crippen LogP contribution in [0.25, 0.3) is 0 Å². The topological polar surface area (TPSA) is 84.5 Å². The summed E-state index contributed by atoms with van der Waals surface area (Å²) in [6.07, 6.45) is -0.562. The number of hydrogen-bond donors (Lipinski definition) is 1. The lowest BCUT2D eigenvalue weighted by atomic mass is 9.95. The number of rotatable bonds is 10. The number of carbonyl (C=O) groups excluding carboxylic acids is 1. The summed E-state index contributed by atoms with van der Waals surface area (Å²) >= 11 is 17.1. The van der Waals surface area contributed by atoms with E-state index in [0.717, 1.165) is 18.4 Å². The van der Waals surface area contributed by atoms with Gasteiger partial charge in [-0.3, -0.25) is 0 Å². The number of halogens is 3. The van der Waals surface area contributed by atoms with Crippen molar-refractivity contribution in [2.75, 3.05) is 26.4 Å². The van der Waals surface area contributed by atoms with E-state index in [2.05, 4.69) is 18.8 Å². The van der Waals surface area contributed by atoms with Crippen LogP contribution in [-0.2, 0) is 28.4 Å². The van der Waals surface area contributed by atoms with Crippen molar-refractivity contribution >= 4 is 40.9 Å². The summed E-state index contributed by atoms with van der Waals surface area (Å²) in [5.41, 5.74) is 0.866. The fraction of sp³-hybridized carbons (Fsp3) is 0.609. The second kappa shape index (κ2) is 13.3. The second-order valence-corrected chi connectivity index (χ2v) is 10.4. The van der Waals surface area contributed by atoms with Crippen molar-refractivity contribution in [1.29, 1.82) is 0 Å². The molecule has 0 radical (unpaired) electrons. The average molecular weight is 539 g/mol. The summed E-state index contributed by atoms with van der Waals surface area (Å²) in [7, 11) is 0. The zero-order valence-electron chi connectivity index (χ0n) is 18.9. The Morgan fingerprint density at radius 1 is 1.24 bits per heavy atom. The molecular weight excluding hydrogens is 509 g/mol. The molecule has 6 atom stereocenters. The number of alkyl halides is 3. The highest BCUT2D eigenvalue weighted by Gasteiger charge is 2.51. The Bertz CT molecular complexity index is 780. The van der Waals surface area contributed by atoms with Gasteiger partial charge in [0, 0.05) is 12.2 Å². The zero-order valence-corrected chi connectivity index (χ0v) is 21.1. The molecule has 1 aromatic carbocycles. The molecule has 34 heavy (non-hydrogen) atoms. The highest BCUT2D eigenvalue weighted by atomic mass is 35.6. The van der Waals surface area contributed by atoms with Gasteiger partial charge in [-0.05, 0) is 6.42 Å². The summed E-state index contributed by atoms with van der Waals surface area (Å²) in [6, 6.07) is 8.80. The van der Waals surface area contributed by atoms with Crippen molar-refractivity contribution in [3.63, 3.8) is 0 Å². The predicted molar refractivity (Wildman–Crippen MR) is 128 cm³/mol. The Kier molecular flexibility index (Phi) is 10.7. The summed E-state index contributed by atoms with van der Waals surface area (Å²) < 4.78 is 33.7. The van der Waals surface area contributed by atoms with Crippen molar-refractivity contribution < 1.29 is 33.2 Å². The monoisotopic (exact) mass is 537 g/mol. The first kappa shape index (κ1) is 27.5. The molecule has 6 unspecified atom stereocenters. The van der Waals surface area contributed by atoms with Crippen LogP contribution in [0.1, 0.15) is 31.6 Å². The summed E-state index contributed by atoms with van der Waals surface area (Å²) in [6.45, 7) is 6.22. The van der Waals surface area contributed by atoms with E-state index >= 15 is 0 Å². The molecule has 3 rings (SSSR count). The van der Waals surface area contributed by atoms with Gasteiger partial charge in [0.25, 0.3) is 0 Å². The van der Waals surface area contributed by atoms with Gasteiger partial charge >= 0.3 is 6.09 Å². The van der Waals surface area contributed by atoms with E-state index in [9.17, 15) is 4.79 Å². The maximum Gasteiger partial charge on any atom is 0.407 e. The third kappa shape index (κ3) is 7.96. The fourth-order valence-electron chi connectivity index (χ4n) is 3.70. The lowest BCUT2D eigenvalue weighted by Crippen LogP contribution is -2.67. The van der Waals surface area contributed by atoms with E-state index in [4.69, 9.17) is 63.2 Å². The first-order valence-corrected chi connectivity index (χ1v) is 12.3. The molecular formula is C23H30Cl3NO7. The minimum atomic E-state index is -1.74. The Morgan fingerprint density at radius 3 is 2.68 bits per heavy atom. The van der Waals surface area contributed by atoms with Crippen molar-refractivity contribution in [2.45, 2.75) is 60.5 Å². The van der Waals surface area contributed by atoms with Crippen LogP contribution < -0.4 is 5.32 Å². The second-order valence-electron chi connectivity index (χ2n) is 7.89. The van der Waals surface area contributed by atoms with Gasteiger partial charge in [0.15, 0.2) is 12.6 Å². The van der Waals surface area contributed by atoms with Gasteiger partial charge < -0.3 is 33.7 Å². The van der Waals surface area contributed by atoms with Gasteiger partial charge in [-0.2, -0.15) is 0 Å². The lowest BCUT2D eigenvalue weighted by Gasteiger charge is -2.49. The minimum Gasteiger partial charge on any atom is -0.445 e. The molecule has 0 spiro atoms. The minimum absolute atomic E-state index is 0.194. The highest BCUT2D eigenvalue weighted by molar-refractivity contribution is 6.67. The van der Waals surface area contributed by atoms with Crippen LogP contribution in [0.3, 0.4) is 0 Å². The summed E-state index contributed by atoms with van der Waals surface area (Å²) in [5.74, 6) is 0. The number of hydrogen-bond acceptors (Lipinski definition) is 7. The number of ether oxygens (including phenoxy) is 6. The third-order valence-corrected chi connectivity index (χ3v) is 5.58. The van der Waals surface area contributed by atoms with Crippen molar-refractivity contribution in [3.8, 4) is 0 Å². The van der Waals surface area contributed by atoms with Crippen molar-refractivity contribution in [3.05, 3.63) is 48.6 Å². The molecule has 2 saturated heterocycles. The van der Waals surface area contributed by atoms with Crippen molar-refractivity contribution in [2.24, 2.45) is 0 Å².